The fourth-order valence-electron chi connectivity index (χ4n) is 0.870. The summed E-state index contributed by atoms with van der Waals surface area (Å²) in [5, 5.41) is 0. The molecule has 2 N–H and O–H groups in total. The molecule has 0 aliphatic carbocycles. The van der Waals surface area contributed by atoms with Gasteiger partial charge in [-0.15, -0.1) is 0 Å². The van der Waals surface area contributed by atoms with Crippen LogP contribution in [0.15, 0.2) is 12.3 Å². The summed E-state index contributed by atoms with van der Waals surface area (Å²) >= 11 is 0. The van der Waals surface area contributed by atoms with E-state index in [2.05, 4.69) is 0 Å². The monoisotopic (exact) mass is 126 g/mol. The van der Waals surface area contributed by atoms with Gasteiger partial charge in [0.15, 0.2) is 0 Å². The normalized spacial score (nSPS) is 16.7. The molecule has 0 radical (unpaired) electrons. The van der Waals surface area contributed by atoms with Gasteiger partial charge < -0.3 is 10.6 Å². The highest BCUT2D eigenvalue weighted by Crippen LogP contribution is 2.01. The first-order valence-electron chi connectivity index (χ1n) is 2.98. The summed E-state index contributed by atoms with van der Waals surface area (Å²) in [5.74, 6) is -0.262. The molecule has 3 nitrogen and oxygen atoms in total. The lowest BCUT2D eigenvalue weighted by Gasteiger charge is -2.10. The quantitative estimate of drug-likeness (QED) is 0.551. The summed E-state index contributed by atoms with van der Waals surface area (Å²) < 4.78 is 0. The minimum Gasteiger partial charge on any atom is -0.368 e. The van der Waals surface area contributed by atoms with Crippen molar-refractivity contribution in [3.8, 4) is 0 Å². The Hall–Kier alpha value is -0.990. The second-order valence-corrected chi connectivity index (χ2v) is 2.11. The Balaban J connectivity index is 2.28. The standard InChI is InChI=1S/C6H10N2O/c7-6(9)5-8-3-1-2-4-8/h1,3H,2,4-5H2,(H2,7,9). The van der Waals surface area contributed by atoms with Crippen molar-refractivity contribution in [3.05, 3.63) is 12.3 Å². The van der Waals surface area contributed by atoms with Gasteiger partial charge >= 0.3 is 0 Å². The lowest BCUT2D eigenvalue weighted by Crippen LogP contribution is -2.28. The van der Waals surface area contributed by atoms with Crippen molar-refractivity contribution in [2.45, 2.75) is 6.42 Å². The number of carbonyl (C=O) groups excluding carboxylic acids is 1. The van der Waals surface area contributed by atoms with Crippen molar-refractivity contribution in [1.29, 1.82) is 0 Å². The molecule has 0 aromatic heterocycles. The molecule has 0 atom stereocenters. The fourth-order valence-corrected chi connectivity index (χ4v) is 0.870. The molecule has 0 fully saturated rings. The van der Waals surface area contributed by atoms with E-state index in [9.17, 15) is 4.79 Å². The number of carbonyl (C=O) groups is 1. The van der Waals surface area contributed by atoms with Crippen molar-refractivity contribution < 1.29 is 4.79 Å². The summed E-state index contributed by atoms with van der Waals surface area (Å²) in [7, 11) is 0. The molecule has 3 heteroatoms. The van der Waals surface area contributed by atoms with E-state index in [1.165, 1.54) is 0 Å². The van der Waals surface area contributed by atoms with Crippen LogP contribution in [0, 0.1) is 0 Å². The summed E-state index contributed by atoms with van der Waals surface area (Å²) in [6.45, 7) is 1.29. The minimum atomic E-state index is -0.262. The van der Waals surface area contributed by atoms with Crippen LogP contribution in [0.5, 0.6) is 0 Å². The van der Waals surface area contributed by atoms with Gasteiger partial charge in [0, 0.05) is 6.54 Å². The third-order valence-corrected chi connectivity index (χ3v) is 1.26. The minimum absolute atomic E-state index is 0.262. The number of primary amides is 1. The zero-order valence-electron chi connectivity index (χ0n) is 5.21. The van der Waals surface area contributed by atoms with Crippen LogP contribution in [-0.4, -0.2) is 23.9 Å². The van der Waals surface area contributed by atoms with Crippen LogP contribution in [0.1, 0.15) is 6.42 Å². The molecule has 1 amide bonds. The van der Waals surface area contributed by atoms with Crippen molar-refractivity contribution in [1.82, 2.24) is 4.90 Å². The van der Waals surface area contributed by atoms with Gasteiger partial charge in [0.25, 0.3) is 0 Å². The number of amides is 1. The average Bonchev–Trinajstić information content (AvgIpc) is 2.15. The fraction of sp³-hybridized carbons (Fsp3) is 0.500. The first-order chi connectivity index (χ1) is 4.29. The van der Waals surface area contributed by atoms with Crippen LogP contribution in [0.25, 0.3) is 0 Å². The summed E-state index contributed by atoms with van der Waals surface area (Å²) in [6.07, 6.45) is 4.97. The highest BCUT2D eigenvalue weighted by atomic mass is 16.1. The van der Waals surface area contributed by atoms with E-state index in [0.29, 0.717) is 6.54 Å². The van der Waals surface area contributed by atoms with Crippen molar-refractivity contribution in [2.24, 2.45) is 5.73 Å². The summed E-state index contributed by atoms with van der Waals surface area (Å²) in [6, 6.07) is 0. The van der Waals surface area contributed by atoms with Crippen LogP contribution in [0.4, 0.5) is 0 Å². The number of nitrogens with zero attached hydrogens (tertiary/aromatic N) is 1. The van der Waals surface area contributed by atoms with E-state index in [-0.39, 0.29) is 5.91 Å². The lowest BCUT2D eigenvalue weighted by atomic mass is 10.5. The second kappa shape index (κ2) is 2.53. The first kappa shape index (κ1) is 6.13. The van der Waals surface area contributed by atoms with Gasteiger partial charge in [-0.25, -0.2) is 0 Å². The molecule has 0 unspecified atom stereocenters. The largest absolute Gasteiger partial charge is 0.368 e. The van der Waals surface area contributed by atoms with Gasteiger partial charge in [-0.1, -0.05) is 6.08 Å². The average molecular weight is 126 g/mol. The Morgan fingerprint density at radius 3 is 3.00 bits per heavy atom. The van der Waals surface area contributed by atoms with Crippen LogP contribution in [0.2, 0.25) is 0 Å². The van der Waals surface area contributed by atoms with E-state index in [0.717, 1.165) is 13.0 Å². The van der Waals surface area contributed by atoms with E-state index in [1.54, 1.807) is 0 Å². The molecule has 0 aromatic carbocycles. The SMILES string of the molecule is NC(=O)CN1C=CCC1. The summed E-state index contributed by atoms with van der Waals surface area (Å²) in [4.78, 5) is 12.2. The number of rotatable bonds is 2. The molecule has 0 saturated heterocycles. The first-order valence-corrected chi connectivity index (χ1v) is 2.98. The van der Waals surface area contributed by atoms with E-state index in [4.69, 9.17) is 5.73 Å². The zero-order valence-corrected chi connectivity index (χ0v) is 5.21. The van der Waals surface area contributed by atoms with Gasteiger partial charge in [-0.2, -0.15) is 0 Å². The van der Waals surface area contributed by atoms with Crippen molar-refractivity contribution >= 4 is 5.91 Å². The highest BCUT2D eigenvalue weighted by Gasteiger charge is 2.05. The lowest BCUT2D eigenvalue weighted by molar-refractivity contribution is -0.118. The molecule has 1 heterocycles. The Morgan fingerprint density at radius 2 is 2.56 bits per heavy atom. The third-order valence-electron chi connectivity index (χ3n) is 1.26. The van der Waals surface area contributed by atoms with E-state index in [1.807, 2.05) is 17.2 Å². The third kappa shape index (κ3) is 1.76. The molecule has 0 spiro atoms. The molecule has 1 aliphatic heterocycles. The summed E-state index contributed by atoms with van der Waals surface area (Å²) in [5.41, 5.74) is 4.96. The molecule has 1 rings (SSSR count). The van der Waals surface area contributed by atoms with Gasteiger partial charge in [0.05, 0.1) is 6.54 Å². The van der Waals surface area contributed by atoms with Gasteiger partial charge in [-0.3, -0.25) is 4.79 Å². The Morgan fingerprint density at radius 1 is 1.78 bits per heavy atom. The van der Waals surface area contributed by atoms with Crippen molar-refractivity contribution in [3.63, 3.8) is 0 Å². The van der Waals surface area contributed by atoms with Crippen LogP contribution >= 0.6 is 0 Å². The van der Waals surface area contributed by atoms with Gasteiger partial charge in [0.2, 0.25) is 5.91 Å². The molecule has 0 bridgehead atoms. The predicted molar refractivity (Wildman–Crippen MR) is 34.5 cm³/mol. The number of hydrogen-bond donors (Lipinski definition) is 1. The topological polar surface area (TPSA) is 46.3 Å². The maximum Gasteiger partial charge on any atom is 0.236 e. The molecule has 0 aromatic rings. The maximum atomic E-state index is 10.3. The highest BCUT2D eigenvalue weighted by molar-refractivity contribution is 5.76. The molecule has 0 saturated carbocycles. The van der Waals surface area contributed by atoms with Gasteiger partial charge in [0.1, 0.15) is 0 Å². The van der Waals surface area contributed by atoms with E-state index >= 15 is 0 Å². The Bertz CT molecular complexity index is 142. The Labute approximate surface area is 54.1 Å². The van der Waals surface area contributed by atoms with Crippen molar-refractivity contribution in [2.75, 3.05) is 13.1 Å². The Kier molecular flexibility index (Phi) is 1.72. The van der Waals surface area contributed by atoms with Gasteiger partial charge in [-0.05, 0) is 12.6 Å². The molecule has 9 heavy (non-hydrogen) atoms. The maximum absolute atomic E-state index is 10.3. The molecular formula is C6H10N2O. The molecule has 1 aliphatic rings. The predicted octanol–water partition coefficient (Wildman–Crippen LogP) is -0.309. The number of hydrogen-bond acceptors (Lipinski definition) is 2. The van der Waals surface area contributed by atoms with Crippen LogP contribution in [-0.2, 0) is 4.79 Å². The molecule has 50 valence electrons. The van der Waals surface area contributed by atoms with Crippen LogP contribution in [0.3, 0.4) is 0 Å². The number of nitrogens with two attached hydrogens (primary N) is 1. The molecular weight excluding hydrogens is 116 g/mol. The smallest absolute Gasteiger partial charge is 0.236 e. The second-order valence-electron chi connectivity index (χ2n) is 2.11. The van der Waals surface area contributed by atoms with E-state index < -0.39 is 0 Å². The zero-order chi connectivity index (χ0) is 6.69. The van der Waals surface area contributed by atoms with Crippen LogP contribution < -0.4 is 5.73 Å².